The predicted molar refractivity (Wildman–Crippen MR) is 108 cm³/mol. The first-order chi connectivity index (χ1) is 11.9. The molecule has 0 aromatic rings. The van der Waals surface area contributed by atoms with Gasteiger partial charge in [0.05, 0.1) is 32.5 Å². The summed E-state index contributed by atoms with van der Waals surface area (Å²) in [5.41, 5.74) is 0. The smallest absolute Gasteiger partial charge is 0.197 e. The van der Waals surface area contributed by atoms with E-state index in [1.165, 1.54) is 0 Å². The van der Waals surface area contributed by atoms with Crippen LogP contribution in [0.3, 0.4) is 0 Å². The van der Waals surface area contributed by atoms with Crippen LogP contribution in [0, 0.1) is 0 Å². The lowest BCUT2D eigenvalue weighted by Gasteiger charge is -2.39. The van der Waals surface area contributed by atoms with Crippen molar-refractivity contribution in [3.63, 3.8) is 0 Å². The highest BCUT2D eigenvalue weighted by Gasteiger charge is 2.39. The molecular weight excluding hydrogens is 371 g/mol. The maximum Gasteiger partial charge on any atom is 0.197 e. The molecule has 1 aliphatic rings. The van der Waals surface area contributed by atoms with Gasteiger partial charge in [0.15, 0.2) is 22.0 Å². The van der Waals surface area contributed by atoms with Crippen molar-refractivity contribution < 1.29 is 27.7 Å². The fourth-order valence-corrected chi connectivity index (χ4v) is 4.12. The van der Waals surface area contributed by atoms with Gasteiger partial charge < -0.3 is 23.2 Å². The van der Waals surface area contributed by atoms with E-state index in [0.29, 0.717) is 19.8 Å². The minimum absolute atomic E-state index is 0.0921. The maximum absolute atomic E-state index is 11.9. The van der Waals surface area contributed by atoms with Crippen molar-refractivity contribution in [2.24, 2.45) is 0 Å². The van der Waals surface area contributed by atoms with Crippen LogP contribution >= 0.6 is 7.37 Å². The molecule has 1 unspecified atom stereocenters. The van der Waals surface area contributed by atoms with Gasteiger partial charge in [-0.05, 0) is 37.4 Å². The van der Waals surface area contributed by atoms with Crippen molar-refractivity contribution in [2.75, 3.05) is 46.4 Å². The number of ether oxygens (including phenoxy) is 3. The van der Waals surface area contributed by atoms with Crippen LogP contribution in [0.5, 0.6) is 0 Å². The molecule has 1 heterocycles. The minimum atomic E-state index is -2.55. The molecule has 26 heavy (non-hydrogen) atoms. The Kier molecular flexibility index (Phi) is 9.99. The zero-order chi connectivity index (χ0) is 19.8. The molecule has 0 amide bonds. The third-order valence-electron chi connectivity index (χ3n) is 4.81. The van der Waals surface area contributed by atoms with Crippen molar-refractivity contribution >= 4 is 15.7 Å². The summed E-state index contributed by atoms with van der Waals surface area (Å²) >= 11 is 0. The van der Waals surface area contributed by atoms with E-state index in [4.69, 9.17) is 23.2 Å². The van der Waals surface area contributed by atoms with E-state index in [1.807, 2.05) is 0 Å². The molecule has 2 atom stereocenters. The molecule has 1 fully saturated rings. The molecule has 0 bridgehead atoms. The van der Waals surface area contributed by atoms with Crippen LogP contribution in [0.25, 0.3) is 0 Å². The van der Waals surface area contributed by atoms with Gasteiger partial charge in [0.25, 0.3) is 0 Å². The molecule has 0 aromatic carbocycles. The van der Waals surface area contributed by atoms with Crippen LogP contribution in [0.1, 0.15) is 40.0 Å². The largest absolute Gasteiger partial charge is 0.409 e. The fourth-order valence-electron chi connectivity index (χ4n) is 2.27. The molecule has 0 radical (unpaired) electrons. The molecule has 0 aliphatic carbocycles. The molecule has 0 aromatic heterocycles. The van der Waals surface area contributed by atoms with Gasteiger partial charge in [0.1, 0.15) is 0 Å². The zero-order valence-electron chi connectivity index (χ0n) is 17.7. The van der Waals surface area contributed by atoms with Crippen LogP contribution in [-0.2, 0) is 27.7 Å². The summed E-state index contributed by atoms with van der Waals surface area (Å²) in [5, 5.41) is 0.0921. The van der Waals surface area contributed by atoms with Gasteiger partial charge >= 0.3 is 0 Å². The van der Waals surface area contributed by atoms with Crippen LogP contribution in [0.4, 0.5) is 0 Å². The second kappa shape index (κ2) is 10.7. The summed E-state index contributed by atoms with van der Waals surface area (Å²) in [7, 11) is -4.51. The van der Waals surface area contributed by atoms with Crippen LogP contribution in [0.15, 0.2) is 0 Å². The van der Waals surface area contributed by atoms with Crippen molar-refractivity contribution in [1.29, 1.82) is 0 Å². The summed E-state index contributed by atoms with van der Waals surface area (Å²) in [6.07, 6.45) is 2.89. The van der Waals surface area contributed by atoms with E-state index in [9.17, 15) is 4.57 Å². The molecule has 0 saturated carbocycles. The molecule has 1 aliphatic heterocycles. The molecule has 1 rings (SSSR count). The number of hydrogen-bond acceptors (Lipinski definition) is 6. The highest BCUT2D eigenvalue weighted by Crippen LogP contribution is 2.40. The van der Waals surface area contributed by atoms with Crippen molar-refractivity contribution in [3.8, 4) is 0 Å². The Morgan fingerprint density at radius 3 is 2.38 bits per heavy atom. The highest BCUT2D eigenvalue weighted by molar-refractivity contribution is 7.57. The van der Waals surface area contributed by atoms with E-state index in [0.717, 1.165) is 25.9 Å². The van der Waals surface area contributed by atoms with E-state index in [2.05, 4.69) is 33.9 Å². The lowest BCUT2D eigenvalue weighted by Crippen LogP contribution is -2.46. The molecule has 1 saturated heterocycles. The monoisotopic (exact) mass is 410 g/mol. The first-order valence-electron chi connectivity index (χ1n) is 9.59. The molecule has 8 heteroatoms. The van der Waals surface area contributed by atoms with Gasteiger partial charge in [0.2, 0.25) is 0 Å². The van der Waals surface area contributed by atoms with Crippen molar-refractivity contribution in [2.45, 2.75) is 70.6 Å². The average Bonchev–Trinajstić information content (AvgIpc) is 2.51. The highest BCUT2D eigenvalue weighted by atomic mass is 31.2. The second-order valence-corrected chi connectivity index (χ2v) is 16.3. The quantitative estimate of drug-likeness (QED) is 0.284. The Hall–Kier alpha value is 0.247. The number of hydrogen-bond donors (Lipinski definition) is 0. The first-order valence-corrected chi connectivity index (χ1v) is 15.0. The van der Waals surface area contributed by atoms with Crippen molar-refractivity contribution in [3.05, 3.63) is 0 Å². The molecule has 6 nitrogen and oxygen atoms in total. The molecular formula is C18H39O6PSi. The van der Waals surface area contributed by atoms with Crippen LogP contribution in [-0.4, -0.2) is 67.1 Å². The van der Waals surface area contributed by atoms with Gasteiger partial charge in [-0.15, -0.1) is 0 Å². The molecule has 0 N–H and O–H groups in total. The Labute approximate surface area is 160 Å². The predicted octanol–water partition coefficient (Wildman–Crippen LogP) is 4.49. The Morgan fingerprint density at radius 2 is 1.85 bits per heavy atom. The normalized spacial score (nSPS) is 21.0. The Bertz CT molecular complexity index is 439. The second-order valence-electron chi connectivity index (χ2n) is 8.79. The lowest BCUT2D eigenvalue weighted by molar-refractivity contribution is -0.170. The van der Waals surface area contributed by atoms with E-state index in [-0.39, 0.29) is 24.0 Å². The summed E-state index contributed by atoms with van der Waals surface area (Å²) in [5.74, 6) is 0. The van der Waals surface area contributed by atoms with E-state index < -0.39 is 15.7 Å². The van der Waals surface area contributed by atoms with Crippen LogP contribution < -0.4 is 0 Å². The van der Waals surface area contributed by atoms with E-state index >= 15 is 0 Å². The third kappa shape index (κ3) is 9.97. The SMILES string of the molecule is CC(C)(C)[Si](C)(C)O[C@H](COCCOC1CCCCO1)COP(C)(C)=O. The maximum atomic E-state index is 11.9. The summed E-state index contributed by atoms with van der Waals surface area (Å²) in [6, 6.07) is 0. The number of rotatable bonds is 11. The van der Waals surface area contributed by atoms with E-state index in [1.54, 1.807) is 13.3 Å². The topological polar surface area (TPSA) is 63.2 Å². The van der Waals surface area contributed by atoms with Gasteiger partial charge in [-0.3, -0.25) is 4.57 Å². The van der Waals surface area contributed by atoms with Crippen molar-refractivity contribution in [1.82, 2.24) is 0 Å². The van der Waals surface area contributed by atoms with Gasteiger partial charge in [-0.2, -0.15) is 0 Å². The van der Waals surface area contributed by atoms with Crippen LogP contribution in [0.2, 0.25) is 18.1 Å². The summed E-state index contributed by atoms with van der Waals surface area (Å²) < 4.78 is 40.8. The standard InChI is InChI=1S/C18H39O6PSi/c1-18(2,3)26(6,7)24-16(15-23-25(4,5)19)14-20-12-13-22-17-10-8-9-11-21-17/h16-17H,8-15H2,1-7H3/t16-,17?/m1/s1. The first kappa shape index (κ1) is 24.3. The fraction of sp³-hybridized carbons (Fsp3) is 1.00. The summed E-state index contributed by atoms with van der Waals surface area (Å²) in [6.45, 7) is 16.7. The van der Waals surface area contributed by atoms with Gasteiger partial charge in [-0.25, -0.2) is 0 Å². The zero-order valence-corrected chi connectivity index (χ0v) is 19.6. The summed E-state index contributed by atoms with van der Waals surface area (Å²) in [4.78, 5) is 0. The lowest BCUT2D eigenvalue weighted by atomic mass is 10.2. The Balaban J connectivity index is 2.41. The third-order valence-corrected chi connectivity index (χ3v) is 10.1. The van der Waals surface area contributed by atoms with Gasteiger partial charge in [-0.1, -0.05) is 20.8 Å². The molecule has 156 valence electrons. The minimum Gasteiger partial charge on any atom is -0.409 e. The average molecular weight is 411 g/mol. The Morgan fingerprint density at radius 1 is 1.15 bits per heavy atom. The molecule has 0 spiro atoms. The van der Waals surface area contributed by atoms with Gasteiger partial charge in [0, 0.05) is 19.9 Å².